The lowest BCUT2D eigenvalue weighted by molar-refractivity contribution is -0.112. The zero-order valence-corrected chi connectivity index (χ0v) is 16.3. The largest absolute Gasteiger partial charge is 0.492 e. The van der Waals surface area contributed by atoms with Crippen LogP contribution in [0.3, 0.4) is 0 Å². The zero-order chi connectivity index (χ0) is 19.5. The van der Waals surface area contributed by atoms with E-state index >= 15 is 0 Å². The number of thioether (sulfide) groups is 1. The molecule has 1 aliphatic heterocycles. The van der Waals surface area contributed by atoms with Gasteiger partial charge in [-0.25, -0.2) is 0 Å². The Morgan fingerprint density at radius 1 is 0.964 bits per heavy atom. The lowest BCUT2D eigenvalue weighted by Gasteiger charge is -2.18. The number of carbonyl (C=O) groups excluding carboxylic acids is 1. The van der Waals surface area contributed by atoms with E-state index in [4.69, 9.17) is 10.1 Å². The normalized spacial score (nSPS) is 13.0. The average molecular weight is 388 g/mol. The first-order valence-corrected chi connectivity index (χ1v) is 10.3. The van der Waals surface area contributed by atoms with Crippen LogP contribution < -0.4 is 9.64 Å². The van der Waals surface area contributed by atoms with Crippen LogP contribution in [0.25, 0.3) is 11.1 Å². The van der Waals surface area contributed by atoms with Crippen LogP contribution in [-0.4, -0.2) is 31.0 Å². The number of amides is 1. The summed E-state index contributed by atoms with van der Waals surface area (Å²) in [6, 6.07) is 23.7. The van der Waals surface area contributed by atoms with Gasteiger partial charge in [-0.15, -0.1) is 11.8 Å². The zero-order valence-electron chi connectivity index (χ0n) is 15.5. The number of nitrogens with one attached hydrogen (secondary N) is 1. The quantitative estimate of drug-likeness (QED) is 0.613. The number of hydrogen-bond acceptors (Lipinski definition) is 4. The molecule has 1 aliphatic rings. The van der Waals surface area contributed by atoms with Gasteiger partial charge >= 0.3 is 0 Å². The van der Waals surface area contributed by atoms with Gasteiger partial charge in [-0.2, -0.15) is 0 Å². The third-order valence-corrected chi connectivity index (χ3v) is 5.51. The van der Waals surface area contributed by atoms with Crippen LogP contribution in [-0.2, 0) is 4.79 Å². The highest BCUT2D eigenvalue weighted by Gasteiger charge is 2.32. The maximum Gasteiger partial charge on any atom is 0.276 e. The Bertz CT molecular complexity index is 1020. The maximum atomic E-state index is 12.6. The van der Waals surface area contributed by atoms with Gasteiger partial charge in [0.1, 0.15) is 18.1 Å². The standard InChI is InChI=1S/C23H20N2O2S/c1-28-19-10-7-16(8-11-19)17-9-12-20-21(15-17)25(23(26)22(20)24)13-14-27-18-5-3-2-4-6-18/h2-12,15,24H,13-14H2,1H3. The molecule has 1 amide bonds. The topological polar surface area (TPSA) is 53.4 Å². The Morgan fingerprint density at radius 3 is 2.39 bits per heavy atom. The Kier molecular flexibility index (Phi) is 5.17. The summed E-state index contributed by atoms with van der Waals surface area (Å²) < 4.78 is 5.74. The van der Waals surface area contributed by atoms with Crippen molar-refractivity contribution >= 4 is 29.1 Å². The van der Waals surface area contributed by atoms with E-state index in [2.05, 4.69) is 30.5 Å². The van der Waals surface area contributed by atoms with E-state index in [-0.39, 0.29) is 11.6 Å². The van der Waals surface area contributed by atoms with Gasteiger partial charge in [-0.05, 0) is 53.8 Å². The molecule has 0 fully saturated rings. The van der Waals surface area contributed by atoms with Crippen molar-refractivity contribution in [2.24, 2.45) is 0 Å². The molecule has 0 unspecified atom stereocenters. The van der Waals surface area contributed by atoms with E-state index in [1.807, 2.05) is 48.5 Å². The molecule has 140 valence electrons. The Morgan fingerprint density at radius 2 is 1.68 bits per heavy atom. The molecule has 0 spiro atoms. The number of nitrogens with zero attached hydrogens (tertiary/aromatic N) is 1. The molecule has 0 saturated carbocycles. The Labute approximate surface area is 168 Å². The van der Waals surface area contributed by atoms with Gasteiger partial charge in [-0.1, -0.05) is 36.4 Å². The highest BCUT2D eigenvalue weighted by Crippen LogP contribution is 2.34. The van der Waals surface area contributed by atoms with E-state index in [0.717, 1.165) is 22.6 Å². The maximum absolute atomic E-state index is 12.6. The van der Waals surface area contributed by atoms with Crippen LogP contribution in [0.2, 0.25) is 0 Å². The third kappa shape index (κ3) is 3.53. The monoisotopic (exact) mass is 388 g/mol. The van der Waals surface area contributed by atoms with Crippen LogP contribution in [0.5, 0.6) is 5.75 Å². The molecule has 0 radical (unpaired) electrons. The van der Waals surface area contributed by atoms with E-state index in [1.54, 1.807) is 16.7 Å². The summed E-state index contributed by atoms with van der Waals surface area (Å²) >= 11 is 1.71. The average Bonchev–Trinajstić information content (AvgIpc) is 2.99. The van der Waals surface area contributed by atoms with Crippen LogP contribution in [0.1, 0.15) is 5.56 Å². The fourth-order valence-electron chi connectivity index (χ4n) is 3.28. The van der Waals surface area contributed by atoms with Gasteiger partial charge < -0.3 is 9.64 Å². The molecule has 3 aromatic carbocycles. The Hall–Kier alpha value is -3.05. The van der Waals surface area contributed by atoms with Crippen molar-refractivity contribution in [3.8, 4) is 16.9 Å². The molecular weight excluding hydrogens is 368 g/mol. The second kappa shape index (κ2) is 7.90. The van der Waals surface area contributed by atoms with Crippen molar-refractivity contribution in [1.82, 2.24) is 0 Å². The number of ether oxygens (including phenoxy) is 1. The minimum atomic E-state index is -0.276. The minimum Gasteiger partial charge on any atom is -0.492 e. The fraction of sp³-hybridized carbons (Fsp3) is 0.130. The first kappa shape index (κ1) is 18.3. The summed E-state index contributed by atoms with van der Waals surface area (Å²) in [4.78, 5) is 15.4. The van der Waals surface area contributed by atoms with Crippen molar-refractivity contribution in [2.45, 2.75) is 4.90 Å². The second-order valence-electron chi connectivity index (χ2n) is 6.45. The summed E-state index contributed by atoms with van der Waals surface area (Å²) in [6.07, 6.45) is 2.05. The van der Waals surface area contributed by atoms with Gasteiger partial charge in [0.05, 0.1) is 12.2 Å². The molecule has 0 saturated heterocycles. The molecule has 4 rings (SSSR count). The first-order valence-electron chi connectivity index (χ1n) is 9.04. The molecule has 1 N–H and O–H groups in total. The van der Waals surface area contributed by atoms with E-state index < -0.39 is 0 Å². The predicted molar refractivity (Wildman–Crippen MR) is 115 cm³/mol. The van der Waals surface area contributed by atoms with Crippen LogP contribution in [0, 0.1) is 5.41 Å². The lowest BCUT2D eigenvalue weighted by Crippen LogP contribution is -2.33. The van der Waals surface area contributed by atoms with E-state index in [1.165, 1.54) is 4.90 Å². The third-order valence-electron chi connectivity index (χ3n) is 4.77. The molecule has 28 heavy (non-hydrogen) atoms. The van der Waals surface area contributed by atoms with Gasteiger partial charge in [0.15, 0.2) is 0 Å². The summed E-state index contributed by atoms with van der Waals surface area (Å²) in [5.41, 5.74) is 3.61. The fourth-order valence-corrected chi connectivity index (χ4v) is 3.69. The number of para-hydroxylation sites is 1. The smallest absolute Gasteiger partial charge is 0.276 e. The molecule has 5 heteroatoms. The van der Waals surface area contributed by atoms with Crippen molar-refractivity contribution < 1.29 is 9.53 Å². The van der Waals surface area contributed by atoms with Gasteiger partial charge in [0.2, 0.25) is 0 Å². The molecule has 0 atom stereocenters. The number of anilines is 1. The van der Waals surface area contributed by atoms with Crippen LogP contribution in [0.15, 0.2) is 77.7 Å². The first-order chi connectivity index (χ1) is 13.7. The number of benzene rings is 3. The van der Waals surface area contributed by atoms with Crippen molar-refractivity contribution in [3.05, 3.63) is 78.4 Å². The molecule has 0 bridgehead atoms. The van der Waals surface area contributed by atoms with Crippen molar-refractivity contribution in [3.63, 3.8) is 0 Å². The molecule has 4 nitrogen and oxygen atoms in total. The Balaban J connectivity index is 1.56. The van der Waals surface area contributed by atoms with E-state index in [9.17, 15) is 4.79 Å². The summed E-state index contributed by atoms with van der Waals surface area (Å²) in [6.45, 7) is 0.771. The van der Waals surface area contributed by atoms with Crippen LogP contribution >= 0.6 is 11.8 Å². The highest BCUT2D eigenvalue weighted by molar-refractivity contribution is 7.98. The number of hydrogen-bond donors (Lipinski definition) is 1. The van der Waals surface area contributed by atoms with Gasteiger partial charge in [0.25, 0.3) is 5.91 Å². The lowest BCUT2D eigenvalue weighted by atomic mass is 10.0. The number of rotatable bonds is 6. The predicted octanol–water partition coefficient (Wildman–Crippen LogP) is 4.87. The summed E-state index contributed by atoms with van der Waals surface area (Å²) in [5, 5.41) is 8.16. The second-order valence-corrected chi connectivity index (χ2v) is 7.33. The molecule has 0 aromatic heterocycles. The number of carbonyl (C=O) groups is 1. The molecule has 3 aromatic rings. The summed E-state index contributed by atoms with van der Waals surface area (Å²) in [7, 11) is 0. The molecule has 1 heterocycles. The molecular formula is C23H20N2O2S. The van der Waals surface area contributed by atoms with Gasteiger partial charge in [0, 0.05) is 10.5 Å². The van der Waals surface area contributed by atoms with Gasteiger partial charge in [-0.3, -0.25) is 10.2 Å². The molecule has 0 aliphatic carbocycles. The SMILES string of the molecule is CSc1ccc(-c2ccc3c(c2)N(CCOc2ccccc2)C(=O)C3=N)cc1. The summed E-state index contributed by atoms with van der Waals surface area (Å²) in [5.74, 6) is 0.494. The van der Waals surface area contributed by atoms with Crippen molar-refractivity contribution in [2.75, 3.05) is 24.3 Å². The van der Waals surface area contributed by atoms with E-state index in [0.29, 0.717) is 18.7 Å². The minimum absolute atomic E-state index is 0.0407. The number of fused-ring (bicyclic) bond motifs is 1. The van der Waals surface area contributed by atoms with Crippen LogP contribution in [0.4, 0.5) is 5.69 Å². The van der Waals surface area contributed by atoms with Crippen molar-refractivity contribution in [1.29, 1.82) is 5.41 Å². The highest BCUT2D eigenvalue weighted by atomic mass is 32.2.